The molecule has 4 unspecified atom stereocenters. The number of likely N-dealkylation sites (tertiary alicyclic amines) is 1. The quantitative estimate of drug-likeness (QED) is 0.808. The van der Waals surface area contributed by atoms with Crippen LogP contribution in [0, 0.1) is 11.8 Å². The fourth-order valence-corrected chi connectivity index (χ4v) is 3.89. The van der Waals surface area contributed by atoms with E-state index in [1.807, 2.05) is 0 Å². The Labute approximate surface area is 114 Å². The lowest BCUT2D eigenvalue weighted by atomic mass is 9.90. The number of hydrogen-bond donors (Lipinski definition) is 1. The molecule has 0 bridgehead atoms. The Morgan fingerprint density at radius 2 is 2.06 bits per heavy atom. The van der Waals surface area contributed by atoms with Gasteiger partial charge in [0.05, 0.1) is 0 Å². The summed E-state index contributed by atoms with van der Waals surface area (Å²) in [4.78, 5) is 2.67. The van der Waals surface area contributed by atoms with Crippen molar-refractivity contribution in [2.45, 2.75) is 71.4 Å². The summed E-state index contributed by atoms with van der Waals surface area (Å²) in [6.07, 6.45) is 8.38. The van der Waals surface area contributed by atoms with E-state index < -0.39 is 0 Å². The van der Waals surface area contributed by atoms with Crippen LogP contribution in [0.1, 0.15) is 59.3 Å². The maximum absolute atomic E-state index is 3.93. The van der Waals surface area contributed by atoms with Crippen molar-refractivity contribution in [3.8, 4) is 0 Å². The maximum atomic E-state index is 3.93. The third-order valence-corrected chi connectivity index (χ3v) is 5.13. The second-order valence-corrected chi connectivity index (χ2v) is 6.67. The molecular formula is C16H32N2. The highest BCUT2D eigenvalue weighted by Crippen LogP contribution is 2.27. The van der Waals surface area contributed by atoms with Gasteiger partial charge in [-0.2, -0.15) is 0 Å². The summed E-state index contributed by atoms with van der Waals surface area (Å²) in [5, 5.41) is 3.93. The minimum absolute atomic E-state index is 0.704. The van der Waals surface area contributed by atoms with Crippen LogP contribution in [0.25, 0.3) is 0 Å². The van der Waals surface area contributed by atoms with Crippen LogP contribution in [0.15, 0.2) is 0 Å². The van der Waals surface area contributed by atoms with E-state index >= 15 is 0 Å². The Kier molecular flexibility index (Phi) is 5.50. The minimum Gasteiger partial charge on any atom is -0.311 e. The molecular weight excluding hydrogens is 220 g/mol. The van der Waals surface area contributed by atoms with Crippen molar-refractivity contribution in [2.24, 2.45) is 11.8 Å². The summed E-state index contributed by atoms with van der Waals surface area (Å²) in [6, 6.07) is 1.50. The zero-order chi connectivity index (χ0) is 13.0. The Morgan fingerprint density at radius 1 is 1.22 bits per heavy atom. The Bertz CT molecular complexity index is 239. The van der Waals surface area contributed by atoms with Gasteiger partial charge in [0, 0.05) is 18.6 Å². The number of hydrogen-bond acceptors (Lipinski definition) is 2. The van der Waals surface area contributed by atoms with Crippen LogP contribution in [-0.4, -0.2) is 36.6 Å². The van der Waals surface area contributed by atoms with Crippen molar-refractivity contribution in [3.63, 3.8) is 0 Å². The first kappa shape index (κ1) is 14.3. The molecule has 18 heavy (non-hydrogen) atoms. The Hall–Kier alpha value is -0.0800. The largest absolute Gasteiger partial charge is 0.311 e. The van der Waals surface area contributed by atoms with E-state index in [0.717, 1.165) is 17.9 Å². The summed E-state index contributed by atoms with van der Waals surface area (Å²) in [6.45, 7) is 11.1. The second kappa shape index (κ2) is 6.91. The summed E-state index contributed by atoms with van der Waals surface area (Å²) in [5.41, 5.74) is 0. The van der Waals surface area contributed by atoms with Gasteiger partial charge in [0.25, 0.3) is 0 Å². The molecule has 0 radical (unpaired) electrons. The lowest BCUT2D eigenvalue weighted by Crippen LogP contribution is -2.48. The summed E-state index contributed by atoms with van der Waals surface area (Å²) in [5.74, 6) is 1.76. The van der Waals surface area contributed by atoms with E-state index in [1.54, 1.807) is 0 Å². The molecule has 0 aromatic rings. The van der Waals surface area contributed by atoms with E-state index in [2.05, 4.69) is 31.0 Å². The number of nitrogens with one attached hydrogen (secondary N) is 1. The molecule has 1 aliphatic carbocycles. The molecule has 1 aliphatic heterocycles. The van der Waals surface area contributed by atoms with Crippen LogP contribution < -0.4 is 5.32 Å². The van der Waals surface area contributed by atoms with E-state index in [1.165, 1.54) is 58.2 Å². The van der Waals surface area contributed by atoms with Crippen molar-refractivity contribution in [1.82, 2.24) is 10.2 Å². The standard InChI is InChI=1S/C16H32N2/c1-4-10-18-11-6-8-15(12-18)14(3)17-16-9-5-7-13(16)2/h13-17H,4-12H2,1-3H3. The van der Waals surface area contributed by atoms with Crippen molar-refractivity contribution in [1.29, 1.82) is 0 Å². The van der Waals surface area contributed by atoms with E-state index in [0.29, 0.717) is 6.04 Å². The average molecular weight is 252 g/mol. The first-order valence-electron chi connectivity index (χ1n) is 8.19. The first-order chi connectivity index (χ1) is 8.70. The average Bonchev–Trinajstić information content (AvgIpc) is 2.76. The van der Waals surface area contributed by atoms with Crippen molar-refractivity contribution in [3.05, 3.63) is 0 Å². The molecule has 4 atom stereocenters. The predicted octanol–water partition coefficient (Wildman–Crippen LogP) is 3.28. The molecule has 1 heterocycles. The van der Waals surface area contributed by atoms with Crippen LogP contribution in [0.3, 0.4) is 0 Å². The molecule has 2 aliphatic rings. The predicted molar refractivity (Wildman–Crippen MR) is 78.9 cm³/mol. The van der Waals surface area contributed by atoms with Gasteiger partial charge in [-0.3, -0.25) is 0 Å². The van der Waals surface area contributed by atoms with Gasteiger partial charge < -0.3 is 10.2 Å². The SMILES string of the molecule is CCCN1CCCC(C(C)NC2CCCC2C)C1. The van der Waals surface area contributed by atoms with Gasteiger partial charge in [0.2, 0.25) is 0 Å². The van der Waals surface area contributed by atoms with Gasteiger partial charge in [-0.1, -0.05) is 20.3 Å². The molecule has 2 nitrogen and oxygen atoms in total. The van der Waals surface area contributed by atoms with Gasteiger partial charge >= 0.3 is 0 Å². The van der Waals surface area contributed by atoms with E-state index in [9.17, 15) is 0 Å². The fraction of sp³-hybridized carbons (Fsp3) is 1.00. The van der Waals surface area contributed by atoms with Crippen LogP contribution in [-0.2, 0) is 0 Å². The maximum Gasteiger partial charge on any atom is 0.00952 e. The molecule has 0 spiro atoms. The summed E-state index contributed by atoms with van der Waals surface area (Å²) in [7, 11) is 0. The number of nitrogens with zero attached hydrogens (tertiary/aromatic N) is 1. The minimum atomic E-state index is 0.704. The normalized spacial score (nSPS) is 35.8. The Balaban J connectivity index is 1.78. The summed E-state index contributed by atoms with van der Waals surface area (Å²) >= 11 is 0. The van der Waals surface area contributed by atoms with Crippen molar-refractivity contribution in [2.75, 3.05) is 19.6 Å². The highest BCUT2D eigenvalue weighted by atomic mass is 15.1. The Morgan fingerprint density at radius 3 is 2.72 bits per heavy atom. The molecule has 0 amide bonds. The third-order valence-electron chi connectivity index (χ3n) is 5.13. The molecule has 1 saturated heterocycles. The van der Waals surface area contributed by atoms with Crippen molar-refractivity contribution < 1.29 is 0 Å². The van der Waals surface area contributed by atoms with Gasteiger partial charge in [-0.05, 0) is 64.0 Å². The molecule has 106 valence electrons. The molecule has 0 aromatic carbocycles. The molecule has 2 fully saturated rings. The van der Waals surface area contributed by atoms with Gasteiger partial charge in [0.1, 0.15) is 0 Å². The van der Waals surface area contributed by atoms with Crippen LogP contribution >= 0.6 is 0 Å². The van der Waals surface area contributed by atoms with E-state index in [4.69, 9.17) is 0 Å². The highest BCUT2D eigenvalue weighted by Gasteiger charge is 2.29. The first-order valence-corrected chi connectivity index (χ1v) is 8.19. The second-order valence-electron chi connectivity index (χ2n) is 6.67. The molecule has 2 rings (SSSR count). The topological polar surface area (TPSA) is 15.3 Å². The van der Waals surface area contributed by atoms with Crippen molar-refractivity contribution >= 4 is 0 Å². The van der Waals surface area contributed by atoms with Gasteiger partial charge in [0.15, 0.2) is 0 Å². The van der Waals surface area contributed by atoms with Crippen LogP contribution in [0.2, 0.25) is 0 Å². The van der Waals surface area contributed by atoms with Crippen LogP contribution in [0.5, 0.6) is 0 Å². The highest BCUT2D eigenvalue weighted by molar-refractivity contribution is 4.87. The van der Waals surface area contributed by atoms with E-state index in [-0.39, 0.29) is 0 Å². The molecule has 0 aromatic heterocycles. The number of rotatable bonds is 5. The molecule has 1 N–H and O–H groups in total. The smallest absolute Gasteiger partial charge is 0.00952 e. The third kappa shape index (κ3) is 3.71. The number of piperidine rings is 1. The molecule has 1 saturated carbocycles. The lowest BCUT2D eigenvalue weighted by molar-refractivity contribution is 0.144. The lowest BCUT2D eigenvalue weighted by Gasteiger charge is -2.37. The van der Waals surface area contributed by atoms with Gasteiger partial charge in [-0.15, -0.1) is 0 Å². The zero-order valence-corrected chi connectivity index (χ0v) is 12.6. The fourth-order valence-electron chi connectivity index (χ4n) is 3.89. The van der Waals surface area contributed by atoms with Gasteiger partial charge in [-0.25, -0.2) is 0 Å². The monoisotopic (exact) mass is 252 g/mol. The van der Waals surface area contributed by atoms with Crippen LogP contribution in [0.4, 0.5) is 0 Å². The molecule has 2 heteroatoms. The zero-order valence-electron chi connectivity index (χ0n) is 12.6. The summed E-state index contributed by atoms with van der Waals surface area (Å²) < 4.78 is 0.